The van der Waals surface area contributed by atoms with Gasteiger partial charge in [0.25, 0.3) is 0 Å². The summed E-state index contributed by atoms with van der Waals surface area (Å²) in [5, 5.41) is 15.6. The van der Waals surface area contributed by atoms with Crippen molar-refractivity contribution in [3.8, 4) is 100 Å². The van der Waals surface area contributed by atoms with Crippen LogP contribution in [0.3, 0.4) is 0 Å². The van der Waals surface area contributed by atoms with Crippen LogP contribution < -0.4 is 5.46 Å². The Balaban J connectivity index is 0.000000132. The van der Waals surface area contributed by atoms with E-state index in [1.54, 1.807) is 0 Å². The number of hydrogen-bond donors (Lipinski definition) is 0. The fourth-order valence-corrected chi connectivity index (χ4v) is 15.5. The molecule has 1 saturated heterocycles. The molecule has 3 heteroatoms. The van der Waals surface area contributed by atoms with Crippen LogP contribution in [0.15, 0.2) is 382 Å². The molecule has 0 radical (unpaired) electrons. The van der Waals surface area contributed by atoms with Gasteiger partial charge < -0.3 is 9.31 Å². The second-order valence-corrected chi connectivity index (χ2v) is 29.5. The Morgan fingerprint density at radius 2 is 0.374 bits per heavy atom. The molecule has 0 amide bonds. The van der Waals surface area contributed by atoms with Crippen molar-refractivity contribution in [2.75, 3.05) is 0 Å². The molecule has 1 aliphatic heterocycles. The highest BCUT2D eigenvalue weighted by Crippen LogP contribution is 2.44. The quantitative estimate of drug-likeness (QED) is 0.100. The summed E-state index contributed by atoms with van der Waals surface area (Å²) in [5.74, 6) is 0. The molecule has 1 heterocycles. The zero-order chi connectivity index (χ0) is 72.6. The van der Waals surface area contributed by atoms with E-state index in [1.165, 1.54) is 176 Å². The molecule has 1 fully saturated rings. The first-order chi connectivity index (χ1) is 52.3. The largest absolute Gasteiger partial charge is 0.494 e. The molecular formula is C104H81BO2. The normalized spacial score (nSPS) is 13.0. The van der Waals surface area contributed by atoms with Gasteiger partial charge in [0, 0.05) is 0 Å². The smallest absolute Gasteiger partial charge is 0.399 e. The zero-order valence-corrected chi connectivity index (χ0v) is 61.3. The van der Waals surface area contributed by atoms with Gasteiger partial charge in [0.05, 0.1) is 11.2 Å². The van der Waals surface area contributed by atoms with Crippen LogP contribution in [-0.4, -0.2) is 18.3 Å². The molecule has 512 valence electrons. The summed E-state index contributed by atoms with van der Waals surface area (Å²) in [6.45, 7) is 12.7. The van der Waals surface area contributed by atoms with Crippen molar-refractivity contribution in [2.24, 2.45) is 0 Å². The van der Waals surface area contributed by atoms with Crippen molar-refractivity contribution in [1.29, 1.82) is 0 Å². The van der Waals surface area contributed by atoms with Crippen LogP contribution in [0.1, 0.15) is 38.8 Å². The van der Waals surface area contributed by atoms with E-state index in [0.717, 1.165) is 5.46 Å². The Morgan fingerprint density at radius 3 is 0.673 bits per heavy atom. The maximum Gasteiger partial charge on any atom is 0.494 e. The molecule has 0 unspecified atom stereocenters. The summed E-state index contributed by atoms with van der Waals surface area (Å²) in [6.07, 6.45) is 0. The molecule has 107 heavy (non-hydrogen) atoms. The first kappa shape index (κ1) is 67.7. The second kappa shape index (κ2) is 28.9. The van der Waals surface area contributed by atoms with E-state index in [9.17, 15) is 0 Å². The summed E-state index contributed by atoms with van der Waals surface area (Å²) in [5.41, 5.74) is 24.7. The number of aryl methyl sites for hydroxylation is 2. The van der Waals surface area contributed by atoms with E-state index in [2.05, 4.69) is 412 Å². The minimum absolute atomic E-state index is 0.354. The van der Waals surface area contributed by atoms with Crippen LogP contribution in [0.5, 0.6) is 0 Å². The summed E-state index contributed by atoms with van der Waals surface area (Å²) >= 11 is 0. The SMILES string of the molecule is CC1(C)OB(c2cc(-c3ccccc3)cc(-c3ccccc3)c2)OC1(C)C.Cc1ccc(-c2ccc3c4ccccc4c4ccc(C)cc4c3c2)cc1.c1ccc(-c2cc(-c3ccccc3)cc(-c3ccc4c5ccccc5c5ccc(-c6cc(-c7ccccc7)cc(-c7ccccc7)c6)cc5c4c3)c2)cc1. The van der Waals surface area contributed by atoms with Crippen LogP contribution in [0.2, 0.25) is 0 Å². The van der Waals surface area contributed by atoms with Crippen molar-refractivity contribution in [2.45, 2.75) is 52.7 Å². The molecule has 0 spiro atoms. The highest BCUT2D eigenvalue weighted by atomic mass is 16.7. The maximum absolute atomic E-state index is 6.31. The first-order valence-corrected chi connectivity index (χ1v) is 37.3. The summed E-state index contributed by atoms with van der Waals surface area (Å²) < 4.78 is 12.6. The Labute approximate surface area is 628 Å². The Morgan fingerprint density at radius 1 is 0.168 bits per heavy atom. The Kier molecular flexibility index (Phi) is 18.3. The van der Waals surface area contributed by atoms with Gasteiger partial charge in [-0.3, -0.25) is 0 Å². The average Bonchev–Trinajstić information content (AvgIpc) is 1.60. The molecular weight excluding hydrogens is 1290 g/mol. The molecule has 0 N–H and O–H groups in total. The highest BCUT2D eigenvalue weighted by molar-refractivity contribution is 6.62. The minimum atomic E-state index is -0.374. The van der Waals surface area contributed by atoms with E-state index in [-0.39, 0.29) is 18.3 Å². The molecule has 19 rings (SSSR count). The first-order valence-electron chi connectivity index (χ1n) is 37.3. The summed E-state index contributed by atoms with van der Waals surface area (Å²) in [6, 6.07) is 139. The van der Waals surface area contributed by atoms with Gasteiger partial charge in [0.2, 0.25) is 0 Å². The van der Waals surface area contributed by atoms with Gasteiger partial charge in [-0.2, -0.15) is 0 Å². The Bertz CT molecular complexity index is 5900. The van der Waals surface area contributed by atoms with E-state index in [4.69, 9.17) is 9.31 Å². The van der Waals surface area contributed by atoms with E-state index >= 15 is 0 Å². The van der Waals surface area contributed by atoms with E-state index < -0.39 is 0 Å². The predicted octanol–water partition coefficient (Wildman–Crippen LogP) is 27.9. The van der Waals surface area contributed by atoms with Crippen molar-refractivity contribution >= 4 is 77.2 Å². The van der Waals surface area contributed by atoms with Gasteiger partial charge in [-0.05, 0) is 272 Å². The molecule has 0 saturated carbocycles. The lowest BCUT2D eigenvalue weighted by atomic mass is 9.76. The second-order valence-electron chi connectivity index (χ2n) is 29.5. The molecule has 18 aromatic rings. The van der Waals surface area contributed by atoms with E-state index in [1.807, 2.05) is 12.1 Å². The third-order valence-electron chi connectivity index (χ3n) is 21.9. The highest BCUT2D eigenvalue weighted by Gasteiger charge is 2.52. The van der Waals surface area contributed by atoms with Crippen molar-refractivity contribution in [1.82, 2.24) is 0 Å². The number of fused-ring (bicyclic) bond motifs is 12. The van der Waals surface area contributed by atoms with Gasteiger partial charge in [-0.25, -0.2) is 0 Å². The van der Waals surface area contributed by atoms with Crippen molar-refractivity contribution in [3.05, 3.63) is 393 Å². The number of benzene rings is 18. The monoisotopic (exact) mass is 1370 g/mol. The minimum Gasteiger partial charge on any atom is -0.399 e. The molecule has 0 bridgehead atoms. The molecule has 0 aromatic heterocycles. The van der Waals surface area contributed by atoms with E-state index in [0.29, 0.717) is 0 Å². The van der Waals surface area contributed by atoms with Crippen LogP contribution in [0.4, 0.5) is 0 Å². The molecule has 0 aliphatic carbocycles. The van der Waals surface area contributed by atoms with Crippen LogP contribution in [0, 0.1) is 13.8 Å². The number of rotatable bonds is 10. The maximum atomic E-state index is 6.31. The van der Waals surface area contributed by atoms with Gasteiger partial charge in [-0.15, -0.1) is 0 Å². The van der Waals surface area contributed by atoms with Crippen molar-refractivity contribution in [3.63, 3.8) is 0 Å². The van der Waals surface area contributed by atoms with Crippen LogP contribution in [-0.2, 0) is 9.31 Å². The third-order valence-corrected chi connectivity index (χ3v) is 21.9. The molecule has 18 aromatic carbocycles. The standard InChI is InChI=1S/C54H36.C26H20.C24H25BO2/c1-5-15-37(16-6-1)43-29-44(38-17-7-2-8-18-38)32-47(31-43)41-25-27-51-49-23-13-14-24-50(49)52-28-26-42(36-54(52)53(51)35-41)48-33-45(39-19-9-3-10-20-39)30-46(34-48)40-21-11-4-12-22-40;1-17-7-10-19(11-8-17)20-12-14-24-22-6-4-3-5-21(22)23-13-9-18(2)15-25(23)26(24)16-20;1-23(2)24(3,4)27-25(26-23)22-16-20(18-11-7-5-8-12-18)15-21(17-22)19-13-9-6-10-14-19/h1-36H;3-16H,1-2H3;5-17H,1-4H3. The summed E-state index contributed by atoms with van der Waals surface area (Å²) in [7, 11) is -0.374. The van der Waals surface area contributed by atoms with Gasteiger partial charge >= 0.3 is 7.12 Å². The topological polar surface area (TPSA) is 18.5 Å². The van der Waals surface area contributed by atoms with Crippen molar-refractivity contribution < 1.29 is 9.31 Å². The lowest BCUT2D eigenvalue weighted by molar-refractivity contribution is 0.00578. The lowest BCUT2D eigenvalue weighted by Crippen LogP contribution is -2.41. The number of hydrogen-bond acceptors (Lipinski definition) is 2. The summed E-state index contributed by atoms with van der Waals surface area (Å²) in [4.78, 5) is 0. The fraction of sp³-hybridized carbons (Fsp3) is 0.0769. The van der Waals surface area contributed by atoms with Crippen LogP contribution in [0.25, 0.3) is 165 Å². The molecule has 0 atom stereocenters. The molecule has 1 aliphatic rings. The lowest BCUT2D eigenvalue weighted by Gasteiger charge is -2.32. The van der Waals surface area contributed by atoms with Gasteiger partial charge in [0.15, 0.2) is 0 Å². The zero-order valence-electron chi connectivity index (χ0n) is 61.3. The molecule has 2 nitrogen and oxygen atoms in total. The van der Waals surface area contributed by atoms with Gasteiger partial charge in [0.1, 0.15) is 0 Å². The van der Waals surface area contributed by atoms with Crippen LogP contribution >= 0.6 is 0 Å². The third kappa shape index (κ3) is 13.8. The average molecular weight is 1370 g/mol. The van der Waals surface area contributed by atoms with Gasteiger partial charge in [-0.1, -0.05) is 333 Å². The fourth-order valence-electron chi connectivity index (χ4n) is 15.5. The Hall–Kier alpha value is -12.5. The predicted molar refractivity (Wildman–Crippen MR) is 458 cm³/mol.